The molecular weight excluding hydrogens is 270 g/mol. The fourth-order valence-corrected chi connectivity index (χ4v) is 2.11. The summed E-state index contributed by atoms with van der Waals surface area (Å²) in [6, 6.07) is 3.40. The predicted molar refractivity (Wildman–Crippen MR) is 83.1 cm³/mol. The Balaban J connectivity index is 3.12. The van der Waals surface area contributed by atoms with Gasteiger partial charge in [0.05, 0.1) is 27.4 Å². The van der Waals surface area contributed by atoms with Crippen molar-refractivity contribution in [2.45, 2.75) is 39.3 Å². The van der Waals surface area contributed by atoms with E-state index in [1.165, 1.54) is 14.2 Å². The standard InChI is InChI=1S/C16H27NO4/c1-16(2,3)13(17)9-11(18)10-7-8-12(19-4)15(21-6)14(10)20-5/h7-8,11,13,18H,9,17H2,1-6H3/t11-,13+/m0/s1. The van der Waals surface area contributed by atoms with Gasteiger partial charge in [-0.25, -0.2) is 0 Å². The van der Waals surface area contributed by atoms with Gasteiger partial charge in [0, 0.05) is 11.6 Å². The van der Waals surface area contributed by atoms with E-state index in [0.717, 1.165) is 0 Å². The molecule has 120 valence electrons. The van der Waals surface area contributed by atoms with Crippen molar-refractivity contribution in [2.24, 2.45) is 11.1 Å². The topological polar surface area (TPSA) is 73.9 Å². The average molecular weight is 297 g/mol. The molecule has 2 atom stereocenters. The second-order valence-electron chi connectivity index (χ2n) is 6.15. The van der Waals surface area contributed by atoms with Crippen molar-refractivity contribution in [1.29, 1.82) is 0 Å². The minimum atomic E-state index is -0.728. The molecule has 0 aliphatic carbocycles. The van der Waals surface area contributed by atoms with E-state index in [2.05, 4.69) is 20.8 Å². The van der Waals surface area contributed by atoms with Crippen LogP contribution in [-0.2, 0) is 0 Å². The lowest BCUT2D eigenvalue weighted by molar-refractivity contribution is 0.130. The molecule has 0 aliphatic rings. The summed E-state index contributed by atoms with van der Waals surface area (Å²) in [5, 5.41) is 10.5. The average Bonchev–Trinajstić information content (AvgIpc) is 2.43. The maximum Gasteiger partial charge on any atom is 0.203 e. The van der Waals surface area contributed by atoms with Gasteiger partial charge in [0.25, 0.3) is 0 Å². The number of benzene rings is 1. The van der Waals surface area contributed by atoms with Gasteiger partial charge >= 0.3 is 0 Å². The Labute approximate surface area is 127 Å². The molecule has 0 aliphatic heterocycles. The van der Waals surface area contributed by atoms with Crippen molar-refractivity contribution < 1.29 is 19.3 Å². The van der Waals surface area contributed by atoms with Gasteiger partial charge in [-0.1, -0.05) is 20.8 Å². The predicted octanol–water partition coefficient (Wildman–Crippen LogP) is 2.51. The molecule has 0 heterocycles. The molecule has 1 aromatic carbocycles. The third-order valence-corrected chi connectivity index (χ3v) is 3.68. The van der Waals surface area contributed by atoms with Gasteiger partial charge in [0.2, 0.25) is 5.75 Å². The minimum absolute atomic E-state index is 0.0786. The molecule has 0 bridgehead atoms. The molecule has 0 amide bonds. The van der Waals surface area contributed by atoms with Crippen LogP contribution in [0.1, 0.15) is 38.9 Å². The van der Waals surface area contributed by atoms with E-state index in [4.69, 9.17) is 19.9 Å². The fraction of sp³-hybridized carbons (Fsp3) is 0.625. The van der Waals surface area contributed by atoms with Gasteiger partial charge in [-0.15, -0.1) is 0 Å². The van der Waals surface area contributed by atoms with E-state index in [-0.39, 0.29) is 11.5 Å². The maximum atomic E-state index is 10.5. The van der Waals surface area contributed by atoms with Gasteiger partial charge in [-0.2, -0.15) is 0 Å². The first-order valence-electron chi connectivity index (χ1n) is 6.98. The van der Waals surface area contributed by atoms with Crippen LogP contribution in [0.4, 0.5) is 0 Å². The van der Waals surface area contributed by atoms with E-state index in [1.54, 1.807) is 19.2 Å². The summed E-state index contributed by atoms with van der Waals surface area (Å²) in [4.78, 5) is 0. The number of hydrogen-bond acceptors (Lipinski definition) is 5. The zero-order chi connectivity index (χ0) is 16.2. The van der Waals surface area contributed by atoms with Crippen molar-refractivity contribution >= 4 is 0 Å². The Hall–Kier alpha value is -1.46. The number of nitrogens with two attached hydrogens (primary N) is 1. The first kappa shape index (κ1) is 17.6. The summed E-state index contributed by atoms with van der Waals surface area (Å²) in [6.45, 7) is 6.16. The lowest BCUT2D eigenvalue weighted by Crippen LogP contribution is -2.36. The number of aliphatic hydroxyl groups excluding tert-OH is 1. The van der Waals surface area contributed by atoms with E-state index < -0.39 is 6.10 Å². The molecule has 0 radical (unpaired) electrons. The van der Waals surface area contributed by atoms with Gasteiger partial charge in [-0.3, -0.25) is 0 Å². The fourth-order valence-electron chi connectivity index (χ4n) is 2.11. The van der Waals surface area contributed by atoms with Gasteiger partial charge in [-0.05, 0) is 24.0 Å². The van der Waals surface area contributed by atoms with E-state index in [0.29, 0.717) is 29.2 Å². The summed E-state index contributed by atoms with van der Waals surface area (Å²) >= 11 is 0. The molecule has 5 nitrogen and oxygen atoms in total. The van der Waals surface area contributed by atoms with Crippen LogP contribution in [-0.4, -0.2) is 32.5 Å². The van der Waals surface area contributed by atoms with Gasteiger partial charge < -0.3 is 25.1 Å². The van der Waals surface area contributed by atoms with E-state index in [1.807, 2.05) is 0 Å². The van der Waals surface area contributed by atoms with Crippen LogP contribution >= 0.6 is 0 Å². The summed E-state index contributed by atoms with van der Waals surface area (Å²) in [6.07, 6.45) is -0.288. The third-order valence-electron chi connectivity index (χ3n) is 3.68. The van der Waals surface area contributed by atoms with Crippen molar-refractivity contribution in [3.63, 3.8) is 0 Å². The first-order valence-corrected chi connectivity index (χ1v) is 6.98. The van der Waals surface area contributed by atoms with Crippen molar-refractivity contribution in [3.8, 4) is 17.2 Å². The van der Waals surface area contributed by atoms with Crippen LogP contribution in [0.2, 0.25) is 0 Å². The molecular formula is C16H27NO4. The summed E-state index contributed by atoms with van der Waals surface area (Å²) in [5.41, 5.74) is 6.72. The quantitative estimate of drug-likeness (QED) is 0.844. The number of aliphatic hydroxyl groups is 1. The molecule has 1 aromatic rings. The lowest BCUT2D eigenvalue weighted by atomic mass is 9.83. The van der Waals surface area contributed by atoms with E-state index in [9.17, 15) is 5.11 Å². The van der Waals surface area contributed by atoms with Crippen LogP contribution < -0.4 is 19.9 Å². The van der Waals surface area contributed by atoms with Crippen molar-refractivity contribution in [2.75, 3.05) is 21.3 Å². The van der Waals surface area contributed by atoms with Crippen LogP contribution in [0.5, 0.6) is 17.2 Å². The zero-order valence-corrected chi connectivity index (χ0v) is 13.8. The largest absolute Gasteiger partial charge is 0.493 e. The van der Waals surface area contributed by atoms with E-state index >= 15 is 0 Å². The first-order chi connectivity index (χ1) is 9.76. The molecule has 0 unspecified atom stereocenters. The molecule has 21 heavy (non-hydrogen) atoms. The number of rotatable bonds is 6. The molecule has 0 aromatic heterocycles. The highest BCUT2D eigenvalue weighted by atomic mass is 16.5. The third kappa shape index (κ3) is 4.02. The molecule has 0 saturated carbocycles. The highest BCUT2D eigenvalue weighted by molar-refractivity contribution is 5.56. The zero-order valence-electron chi connectivity index (χ0n) is 13.8. The van der Waals surface area contributed by atoms with Crippen LogP contribution in [0, 0.1) is 5.41 Å². The second-order valence-corrected chi connectivity index (χ2v) is 6.15. The number of hydrogen-bond donors (Lipinski definition) is 2. The molecule has 0 spiro atoms. The van der Waals surface area contributed by atoms with Crippen molar-refractivity contribution in [3.05, 3.63) is 17.7 Å². The van der Waals surface area contributed by atoms with Crippen LogP contribution in [0.3, 0.4) is 0 Å². The Bertz CT molecular complexity index is 468. The minimum Gasteiger partial charge on any atom is -0.493 e. The Kier molecular flexibility index (Phi) is 5.87. The highest BCUT2D eigenvalue weighted by Crippen LogP contribution is 2.43. The Morgan fingerprint density at radius 1 is 1.05 bits per heavy atom. The number of methoxy groups -OCH3 is 3. The second kappa shape index (κ2) is 7.00. The molecule has 5 heteroatoms. The Morgan fingerprint density at radius 2 is 1.62 bits per heavy atom. The maximum absolute atomic E-state index is 10.5. The normalized spacial score (nSPS) is 14.5. The molecule has 3 N–H and O–H groups in total. The van der Waals surface area contributed by atoms with Gasteiger partial charge in [0.15, 0.2) is 11.5 Å². The summed E-state index contributed by atoms with van der Waals surface area (Å²) < 4.78 is 16.0. The van der Waals surface area contributed by atoms with Crippen LogP contribution in [0.25, 0.3) is 0 Å². The molecule has 1 rings (SSSR count). The highest BCUT2D eigenvalue weighted by Gasteiger charge is 2.27. The number of ether oxygens (including phenoxy) is 3. The molecule has 0 saturated heterocycles. The van der Waals surface area contributed by atoms with Gasteiger partial charge in [0.1, 0.15) is 0 Å². The monoisotopic (exact) mass is 297 g/mol. The summed E-state index contributed by atoms with van der Waals surface area (Å²) in [5.74, 6) is 1.51. The van der Waals surface area contributed by atoms with Crippen LogP contribution in [0.15, 0.2) is 12.1 Å². The van der Waals surface area contributed by atoms with Crippen molar-refractivity contribution in [1.82, 2.24) is 0 Å². The Morgan fingerprint density at radius 3 is 2.05 bits per heavy atom. The SMILES string of the molecule is COc1ccc([C@@H](O)C[C@@H](N)C(C)(C)C)c(OC)c1OC. The summed E-state index contributed by atoms with van der Waals surface area (Å²) in [7, 11) is 4.64. The lowest BCUT2D eigenvalue weighted by Gasteiger charge is -2.29. The molecule has 0 fully saturated rings. The smallest absolute Gasteiger partial charge is 0.203 e.